The summed E-state index contributed by atoms with van der Waals surface area (Å²) in [5, 5.41) is 2.76. The molecule has 1 N–H and O–H groups in total. The predicted octanol–water partition coefficient (Wildman–Crippen LogP) is 1.40. The van der Waals surface area contributed by atoms with Crippen molar-refractivity contribution in [2.45, 2.75) is 6.92 Å². The van der Waals surface area contributed by atoms with Gasteiger partial charge in [0.15, 0.2) is 0 Å². The maximum absolute atomic E-state index is 13.4. The quantitative estimate of drug-likeness (QED) is 0.814. The largest absolute Gasteiger partial charge is 0.311 e. The molecular weight excluding hydrogens is 195 g/mol. The second-order valence-corrected chi connectivity index (χ2v) is 3.12. The molecule has 3 nitrogen and oxygen atoms in total. The molecule has 0 fully saturated rings. The van der Waals surface area contributed by atoms with Crippen LogP contribution in [0.2, 0.25) is 0 Å². The molecule has 1 aromatic rings. The lowest BCUT2D eigenvalue weighted by atomic mass is 10.2. The van der Waals surface area contributed by atoms with Gasteiger partial charge in [-0.2, -0.15) is 0 Å². The molecule has 1 amide bonds. The van der Waals surface area contributed by atoms with Gasteiger partial charge in [0.25, 0.3) is 0 Å². The van der Waals surface area contributed by atoms with Crippen LogP contribution in [0, 0.1) is 5.82 Å². The molecule has 0 aliphatic carbocycles. The molecule has 1 aromatic carbocycles. The number of carbonyl (C=O) groups is 1. The van der Waals surface area contributed by atoms with Gasteiger partial charge >= 0.3 is 0 Å². The van der Waals surface area contributed by atoms with Crippen molar-refractivity contribution in [3.63, 3.8) is 0 Å². The first-order valence-electron chi connectivity index (χ1n) is 4.90. The van der Waals surface area contributed by atoms with E-state index in [9.17, 15) is 9.18 Å². The van der Waals surface area contributed by atoms with Gasteiger partial charge in [0, 0.05) is 6.54 Å². The molecule has 0 radical (unpaired) electrons. The Hall–Kier alpha value is -1.42. The number of rotatable bonds is 4. The van der Waals surface area contributed by atoms with Crippen LogP contribution >= 0.6 is 0 Å². The highest BCUT2D eigenvalue weighted by Crippen LogP contribution is 2.18. The molecule has 0 spiro atoms. The first kappa shape index (κ1) is 11.7. The van der Waals surface area contributed by atoms with Gasteiger partial charge in [-0.15, -0.1) is 0 Å². The molecular formula is C11H15FN2O. The molecule has 0 aromatic heterocycles. The highest BCUT2D eigenvalue weighted by atomic mass is 19.1. The monoisotopic (exact) mass is 210 g/mol. The third-order valence-corrected chi connectivity index (χ3v) is 2.09. The van der Waals surface area contributed by atoms with Crippen molar-refractivity contribution >= 4 is 11.6 Å². The van der Waals surface area contributed by atoms with Crippen LogP contribution in [0.4, 0.5) is 10.1 Å². The number of anilines is 1. The fraction of sp³-hybridized carbons (Fsp3) is 0.364. The van der Waals surface area contributed by atoms with Crippen LogP contribution < -0.4 is 10.2 Å². The van der Waals surface area contributed by atoms with Crippen molar-refractivity contribution in [3.05, 3.63) is 30.1 Å². The van der Waals surface area contributed by atoms with Crippen molar-refractivity contribution < 1.29 is 9.18 Å². The van der Waals surface area contributed by atoms with Crippen LogP contribution in [0.25, 0.3) is 0 Å². The number of hydrogen-bond acceptors (Lipinski definition) is 2. The van der Waals surface area contributed by atoms with Crippen molar-refractivity contribution in [1.82, 2.24) is 5.32 Å². The third-order valence-electron chi connectivity index (χ3n) is 2.09. The zero-order valence-electron chi connectivity index (χ0n) is 8.96. The Bertz CT molecular complexity index is 341. The topological polar surface area (TPSA) is 32.3 Å². The molecule has 0 saturated heterocycles. The molecule has 0 aliphatic rings. The summed E-state index contributed by atoms with van der Waals surface area (Å²) in [4.78, 5) is 13.0. The van der Waals surface area contributed by atoms with E-state index >= 15 is 0 Å². The zero-order chi connectivity index (χ0) is 11.3. The molecule has 0 bridgehead atoms. The minimum Gasteiger partial charge on any atom is -0.311 e. The summed E-state index contributed by atoms with van der Waals surface area (Å²) >= 11 is 0. The molecule has 4 heteroatoms. The van der Waals surface area contributed by atoms with Crippen molar-refractivity contribution in [3.8, 4) is 0 Å². The van der Waals surface area contributed by atoms with E-state index in [1.807, 2.05) is 6.92 Å². The van der Waals surface area contributed by atoms with Crippen molar-refractivity contribution in [1.29, 1.82) is 0 Å². The van der Waals surface area contributed by atoms with E-state index in [4.69, 9.17) is 0 Å². The highest BCUT2D eigenvalue weighted by Gasteiger charge is 2.15. The maximum Gasteiger partial charge on any atom is 0.241 e. The number of nitrogens with one attached hydrogen (secondary N) is 1. The summed E-state index contributed by atoms with van der Waals surface area (Å²) in [7, 11) is 1.69. The normalized spacial score (nSPS) is 10.1. The van der Waals surface area contributed by atoms with E-state index < -0.39 is 0 Å². The van der Waals surface area contributed by atoms with Crippen LogP contribution in [-0.4, -0.2) is 26.0 Å². The Morgan fingerprint density at radius 2 is 2.13 bits per heavy atom. The molecule has 0 atom stereocenters. The van der Waals surface area contributed by atoms with Gasteiger partial charge in [-0.1, -0.05) is 12.1 Å². The summed E-state index contributed by atoms with van der Waals surface area (Å²) in [6, 6.07) is 6.28. The van der Waals surface area contributed by atoms with E-state index in [0.29, 0.717) is 12.2 Å². The van der Waals surface area contributed by atoms with E-state index in [-0.39, 0.29) is 18.3 Å². The van der Waals surface area contributed by atoms with Gasteiger partial charge in [0.1, 0.15) is 5.82 Å². The zero-order valence-corrected chi connectivity index (χ0v) is 8.96. The van der Waals surface area contributed by atoms with E-state index in [2.05, 4.69) is 5.32 Å². The van der Waals surface area contributed by atoms with Crippen LogP contribution in [-0.2, 0) is 4.79 Å². The minimum atomic E-state index is -0.371. The second-order valence-electron chi connectivity index (χ2n) is 3.12. The van der Waals surface area contributed by atoms with E-state index in [1.165, 1.54) is 11.0 Å². The van der Waals surface area contributed by atoms with E-state index in [0.717, 1.165) is 0 Å². The number of benzene rings is 1. The van der Waals surface area contributed by atoms with Crippen LogP contribution in [0.3, 0.4) is 0 Å². The summed E-state index contributed by atoms with van der Waals surface area (Å²) < 4.78 is 13.4. The second kappa shape index (κ2) is 5.46. The molecule has 0 unspecified atom stereocenters. The highest BCUT2D eigenvalue weighted by molar-refractivity contribution is 5.94. The molecule has 1 rings (SSSR count). The standard InChI is InChI=1S/C11H15FN2O/c1-3-14(11(15)8-13-2)10-7-5-4-6-9(10)12/h4-7,13H,3,8H2,1-2H3. The van der Waals surface area contributed by atoms with Crippen LogP contribution in [0.15, 0.2) is 24.3 Å². The Kier molecular flexibility index (Phi) is 4.24. The number of likely N-dealkylation sites (N-methyl/N-ethyl adjacent to an activating group) is 2. The Balaban J connectivity index is 2.92. The van der Waals surface area contributed by atoms with Gasteiger partial charge in [0.05, 0.1) is 12.2 Å². The average Bonchev–Trinajstić information content (AvgIpc) is 2.22. The maximum atomic E-state index is 13.4. The van der Waals surface area contributed by atoms with Crippen molar-refractivity contribution in [2.24, 2.45) is 0 Å². The lowest BCUT2D eigenvalue weighted by molar-refractivity contribution is -0.117. The van der Waals surface area contributed by atoms with Gasteiger partial charge in [-0.3, -0.25) is 4.79 Å². The Labute approximate surface area is 88.9 Å². The minimum absolute atomic E-state index is 0.134. The average molecular weight is 210 g/mol. The van der Waals surface area contributed by atoms with Crippen LogP contribution in [0.1, 0.15) is 6.92 Å². The van der Waals surface area contributed by atoms with Crippen LogP contribution in [0.5, 0.6) is 0 Å². The summed E-state index contributed by atoms with van der Waals surface area (Å²) in [5.74, 6) is -0.506. The molecule has 0 aliphatic heterocycles. The Morgan fingerprint density at radius 3 is 2.67 bits per heavy atom. The number of para-hydroxylation sites is 1. The summed E-state index contributed by atoms with van der Waals surface area (Å²) in [5.41, 5.74) is 0.334. The third kappa shape index (κ3) is 2.76. The number of carbonyl (C=O) groups excluding carboxylic acids is 1. The molecule has 0 saturated carbocycles. The number of amides is 1. The molecule has 82 valence electrons. The first-order chi connectivity index (χ1) is 7.20. The fourth-order valence-electron chi connectivity index (χ4n) is 1.40. The SMILES string of the molecule is CCN(C(=O)CNC)c1ccccc1F. The lowest BCUT2D eigenvalue weighted by Gasteiger charge is -2.21. The smallest absolute Gasteiger partial charge is 0.241 e. The lowest BCUT2D eigenvalue weighted by Crippen LogP contribution is -2.37. The first-order valence-corrected chi connectivity index (χ1v) is 4.90. The number of hydrogen-bond donors (Lipinski definition) is 1. The molecule has 15 heavy (non-hydrogen) atoms. The summed E-state index contributed by atoms with van der Waals surface area (Å²) in [6.07, 6.45) is 0. The van der Waals surface area contributed by atoms with Gasteiger partial charge in [-0.05, 0) is 26.1 Å². The van der Waals surface area contributed by atoms with Gasteiger partial charge in [0.2, 0.25) is 5.91 Å². The summed E-state index contributed by atoms with van der Waals surface area (Å²) in [6.45, 7) is 2.49. The van der Waals surface area contributed by atoms with Crippen molar-refractivity contribution in [2.75, 3.05) is 25.0 Å². The fourth-order valence-corrected chi connectivity index (χ4v) is 1.40. The van der Waals surface area contributed by atoms with Gasteiger partial charge in [-0.25, -0.2) is 4.39 Å². The number of nitrogens with zero attached hydrogens (tertiary/aromatic N) is 1. The molecule has 0 heterocycles. The van der Waals surface area contributed by atoms with Gasteiger partial charge < -0.3 is 10.2 Å². The predicted molar refractivity (Wildman–Crippen MR) is 58.4 cm³/mol. The number of halogens is 1. The van der Waals surface area contributed by atoms with E-state index in [1.54, 1.807) is 25.2 Å². The Morgan fingerprint density at radius 1 is 1.47 bits per heavy atom.